The van der Waals surface area contributed by atoms with Gasteiger partial charge in [-0.25, -0.2) is 0 Å². The molecule has 13 nitrogen and oxygen atoms in total. The Kier molecular flexibility index (Phi) is 47.4. The van der Waals surface area contributed by atoms with Crippen LogP contribution < -0.4 is 5.73 Å². The molecule has 224 valence electrons. The van der Waals surface area contributed by atoms with Gasteiger partial charge in [0.15, 0.2) is 12.6 Å². The van der Waals surface area contributed by atoms with E-state index >= 15 is 0 Å². The molecule has 2 rings (SSSR count). The number of carbonyl (C=O) groups excluding carboxylic acids is 1. The second kappa shape index (κ2) is 33.5. The molecule has 0 spiro atoms. The van der Waals surface area contributed by atoms with E-state index in [1.54, 1.807) is 0 Å². The molecule has 6 radical (unpaired) electrons. The summed E-state index contributed by atoms with van der Waals surface area (Å²) in [6, 6.07) is -1.03. The Morgan fingerprint density at radius 1 is 0.707 bits per heavy atom. The molecule has 2 aliphatic heterocycles. The number of carbonyl (C=O) groups is 1. The number of aliphatic hydroxyl groups is 6. The van der Waals surface area contributed by atoms with Crippen LogP contribution in [-0.4, -0.2) is 125 Å². The Morgan fingerprint density at radius 3 is 1.73 bits per heavy atom. The largest absolute Gasteiger partial charge is 0.469 e. The first-order valence-corrected chi connectivity index (χ1v) is 12.1. The van der Waals surface area contributed by atoms with Crippen LogP contribution in [0.15, 0.2) is 0 Å². The first kappa shape index (κ1) is 58.0. The van der Waals surface area contributed by atoms with Crippen LogP contribution in [0.2, 0.25) is 0 Å². The molecular formula is C22H41Ac6NO12. The van der Waals surface area contributed by atoms with Gasteiger partial charge in [0.2, 0.25) is 0 Å². The summed E-state index contributed by atoms with van der Waals surface area (Å²) in [5.41, 5.74) is 6.20. The number of hydrogen-bond acceptors (Lipinski definition) is 13. The van der Waals surface area contributed by atoms with Crippen molar-refractivity contribution in [2.24, 2.45) is 5.73 Å². The Morgan fingerprint density at radius 2 is 1.20 bits per heavy atom. The molecule has 0 aliphatic carbocycles. The van der Waals surface area contributed by atoms with Gasteiger partial charge in [0.05, 0.1) is 26.4 Å². The summed E-state index contributed by atoms with van der Waals surface area (Å²) < 4.78 is 26.9. The predicted octanol–water partition coefficient (Wildman–Crippen LogP) is -2.50. The van der Waals surface area contributed by atoms with Crippen LogP contribution in [0.5, 0.6) is 0 Å². The molecule has 6 unspecified atom stereocenters. The zero-order valence-electron chi connectivity index (χ0n) is 23.5. The standard InChI is InChI=1S/C22H41NO12.6Ac/c1-31-14(26)8-6-4-2-3-5-7-9-32-21-15(23)20(17(28)13(11-25)33-21)35-22-19(30)18(29)16(27)12(10-24)34-22;;;;;;/h12-13,15-22,24-25,27-30H,2-11,23H2,1H3;;;;;;/t12?,13?,15?,16-,17-,18?,19?,20?,21+,22-;;;;;;/m0....../s1. The summed E-state index contributed by atoms with van der Waals surface area (Å²) in [7, 11) is 1.37. The smallest absolute Gasteiger partial charge is 0.305 e. The molecule has 19 heteroatoms. The topological polar surface area (TPSA) is 211 Å². The van der Waals surface area contributed by atoms with Crippen LogP contribution in [0.4, 0.5) is 0 Å². The minimum Gasteiger partial charge on any atom is -0.469 e. The van der Waals surface area contributed by atoms with Gasteiger partial charge in [0, 0.05) is 277 Å². The van der Waals surface area contributed by atoms with Gasteiger partial charge < -0.3 is 60.1 Å². The van der Waals surface area contributed by atoms with Gasteiger partial charge >= 0.3 is 5.97 Å². The summed E-state index contributed by atoms with van der Waals surface area (Å²) >= 11 is 0. The van der Waals surface area contributed by atoms with E-state index < -0.39 is 74.6 Å². The number of nitrogens with two attached hydrogens (primary N) is 1. The Labute approximate surface area is 457 Å². The van der Waals surface area contributed by atoms with Crippen LogP contribution in [0, 0.1) is 264 Å². The third kappa shape index (κ3) is 20.5. The van der Waals surface area contributed by atoms with Gasteiger partial charge in [0.25, 0.3) is 0 Å². The minimum absolute atomic E-state index is 0. The fraction of sp³-hybridized carbons (Fsp3) is 0.955. The van der Waals surface area contributed by atoms with Gasteiger partial charge in [-0.2, -0.15) is 0 Å². The number of unbranched alkanes of at least 4 members (excludes halogenated alkanes) is 5. The minimum atomic E-state index is -1.67. The number of rotatable bonds is 14. The molecule has 2 aliphatic rings. The number of methoxy groups -OCH3 is 1. The normalized spacial score (nSPS) is 32.3. The van der Waals surface area contributed by atoms with Gasteiger partial charge in [0.1, 0.15) is 42.7 Å². The van der Waals surface area contributed by atoms with Crippen LogP contribution in [0.25, 0.3) is 0 Å². The molecule has 0 bridgehead atoms. The SMILES string of the molecule is COC(=O)CCCCCCCCO[C@@H]1OC(CO)[C@H](O)C(O[C@@H]2OC(CO)[C@H](O)C(O)C2O)C1N.[Ac].[Ac].[Ac].[Ac].[Ac].[Ac]. The van der Waals surface area contributed by atoms with Crippen molar-refractivity contribution in [2.75, 3.05) is 26.9 Å². The zero-order valence-corrected chi connectivity index (χ0v) is 52.0. The molecule has 0 saturated carbocycles. The molecule has 2 heterocycles. The number of esters is 1. The number of ether oxygens (including phenoxy) is 5. The van der Waals surface area contributed by atoms with Crippen molar-refractivity contribution in [2.45, 2.75) is 106 Å². The summed E-state index contributed by atoms with van der Waals surface area (Å²) in [4.78, 5) is 11.1. The maximum Gasteiger partial charge on any atom is 0.305 e. The van der Waals surface area contributed by atoms with Crippen LogP contribution in [-0.2, 0) is 28.5 Å². The van der Waals surface area contributed by atoms with Gasteiger partial charge in [-0.05, 0) is 12.8 Å². The van der Waals surface area contributed by atoms with Crippen LogP contribution in [0.1, 0.15) is 44.9 Å². The zero-order chi connectivity index (χ0) is 26.0. The average Bonchev–Trinajstić information content (AvgIpc) is 2.86. The fourth-order valence-corrected chi connectivity index (χ4v) is 4.12. The molecule has 8 N–H and O–H groups in total. The van der Waals surface area contributed by atoms with Crippen molar-refractivity contribution in [3.63, 3.8) is 0 Å². The van der Waals surface area contributed by atoms with Crippen molar-refractivity contribution in [1.82, 2.24) is 0 Å². The summed E-state index contributed by atoms with van der Waals surface area (Å²) in [6.07, 6.45) is -6.61. The van der Waals surface area contributed by atoms with E-state index in [1.165, 1.54) is 7.11 Å². The van der Waals surface area contributed by atoms with E-state index in [2.05, 4.69) is 4.74 Å². The molecule has 0 aromatic carbocycles. The second-order valence-corrected chi connectivity index (χ2v) is 8.91. The van der Waals surface area contributed by atoms with Gasteiger partial charge in [-0.3, -0.25) is 4.79 Å². The third-order valence-corrected chi connectivity index (χ3v) is 6.32. The predicted molar refractivity (Wildman–Crippen MR) is 119 cm³/mol. The van der Waals surface area contributed by atoms with E-state index in [4.69, 9.17) is 24.7 Å². The molecule has 0 aromatic rings. The van der Waals surface area contributed by atoms with Crippen LogP contribution in [0.3, 0.4) is 0 Å². The first-order chi connectivity index (χ1) is 16.7. The molecule has 10 atom stereocenters. The van der Waals surface area contributed by atoms with Crippen molar-refractivity contribution in [1.29, 1.82) is 0 Å². The van der Waals surface area contributed by atoms with Crippen LogP contribution >= 0.6 is 0 Å². The Hall–Kier alpha value is 7.68. The summed E-state index contributed by atoms with van der Waals surface area (Å²) in [5, 5.41) is 59.7. The molecule has 0 amide bonds. The molecule has 2 saturated heterocycles. The Balaban J connectivity index is -0.000000720. The average molecular weight is 1870 g/mol. The quantitative estimate of drug-likeness (QED) is 0.0710. The van der Waals surface area contributed by atoms with E-state index in [0.29, 0.717) is 19.4 Å². The molecule has 2 fully saturated rings. The van der Waals surface area contributed by atoms with Gasteiger partial charge in [-0.15, -0.1) is 0 Å². The van der Waals surface area contributed by atoms with Crippen molar-refractivity contribution < 1.29 is 323 Å². The monoisotopic (exact) mass is 1870 g/mol. The maximum atomic E-state index is 11.1. The second-order valence-electron chi connectivity index (χ2n) is 8.91. The molecular weight excluding hydrogens is 1830 g/mol. The third-order valence-electron chi connectivity index (χ3n) is 6.32. The van der Waals surface area contributed by atoms with E-state index in [0.717, 1.165) is 32.1 Å². The fourth-order valence-electron chi connectivity index (χ4n) is 4.12. The van der Waals surface area contributed by atoms with Crippen molar-refractivity contribution in [3.8, 4) is 0 Å². The maximum absolute atomic E-state index is 11.1. The van der Waals surface area contributed by atoms with Crippen molar-refractivity contribution >= 4 is 5.97 Å². The molecule has 0 aromatic heterocycles. The Bertz CT molecular complexity index is 636. The van der Waals surface area contributed by atoms with E-state index in [-0.39, 0.29) is 270 Å². The number of hydrogen-bond donors (Lipinski definition) is 7. The summed E-state index contributed by atoms with van der Waals surface area (Å²) in [5.74, 6) is -0.206. The van der Waals surface area contributed by atoms with E-state index in [9.17, 15) is 35.4 Å². The van der Waals surface area contributed by atoms with E-state index in [1.807, 2.05) is 0 Å². The van der Waals surface area contributed by atoms with Gasteiger partial charge in [-0.1, -0.05) is 25.7 Å². The summed E-state index contributed by atoms with van der Waals surface area (Å²) in [6.45, 7) is -0.876. The molecule has 41 heavy (non-hydrogen) atoms. The van der Waals surface area contributed by atoms with Crippen molar-refractivity contribution in [3.05, 3.63) is 0 Å². The number of aliphatic hydroxyl groups excluding tert-OH is 6. The first-order valence-electron chi connectivity index (χ1n) is 12.1.